The summed E-state index contributed by atoms with van der Waals surface area (Å²) in [6.07, 6.45) is 1.42. The second-order valence-electron chi connectivity index (χ2n) is 2.52. The zero-order valence-corrected chi connectivity index (χ0v) is 9.19. The quantitative estimate of drug-likeness (QED) is 0.871. The first-order valence-electron chi connectivity index (χ1n) is 3.72. The zero-order chi connectivity index (χ0) is 9.84. The van der Waals surface area contributed by atoms with Crippen LogP contribution in [0.25, 0.3) is 0 Å². The molecule has 0 radical (unpaired) electrons. The molecule has 3 N–H and O–H groups in total. The van der Waals surface area contributed by atoms with Crippen molar-refractivity contribution in [1.82, 2.24) is 4.98 Å². The molecule has 4 nitrogen and oxygen atoms in total. The molecule has 1 aromatic rings. The van der Waals surface area contributed by atoms with Crippen molar-refractivity contribution in [2.24, 2.45) is 0 Å². The van der Waals surface area contributed by atoms with E-state index >= 15 is 0 Å². The van der Waals surface area contributed by atoms with Crippen LogP contribution in [0.1, 0.15) is 18.5 Å². The summed E-state index contributed by atoms with van der Waals surface area (Å²) in [5.41, 5.74) is 6.32. The van der Waals surface area contributed by atoms with Gasteiger partial charge in [0, 0.05) is 6.42 Å². The number of hydrogen-bond acceptors (Lipinski definition) is 4. The number of aliphatic carboxylic acids is 1. The van der Waals surface area contributed by atoms with Gasteiger partial charge in [0.25, 0.3) is 0 Å². The number of aromatic nitrogens is 1. The lowest BCUT2D eigenvalue weighted by Crippen LogP contribution is -1.96. The highest BCUT2D eigenvalue weighted by Gasteiger charge is 2.07. The van der Waals surface area contributed by atoms with E-state index in [2.05, 4.69) is 20.9 Å². The van der Waals surface area contributed by atoms with E-state index in [0.717, 1.165) is 9.48 Å². The van der Waals surface area contributed by atoms with Crippen LogP contribution in [0.3, 0.4) is 0 Å². The third-order valence-electron chi connectivity index (χ3n) is 1.47. The number of nitrogens with two attached hydrogens (primary N) is 1. The van der Waals surface area contributed by atoms with Gasteiger partial charge in [-0.15, -0.1) is 0 Å². The molecule has 6 heteroatoms. The van der Waals surface area contributed by atoms with Crippen molar-refractivity contribution in [3.05, 3.63) is 9.48 Å². The van der Waals surface area contributed by atoms with E-state index < -0.39 is 5.97 Å². The Morgan fingerprint density at radius 2 is 2.38 bits per heavy atom. The average molecular weight is 265 g/mol. The summed E-state index contributed by atoms with van der Waals surface area (Å²) in [4.78, 5) is 14.3. The van der Waals surface area contributed by atoms with Crippen molar-refractivity contribution >= 4 is 38.4 Å². The summed E-state index contributed by atoms with van der Waals surface area (Å²) in [6.45, 7) is 0. The largest absolute Gasteiger partial charge is 0.481 e. The lowest BCUT2D eigenvalue weighted by atomic mass is 10.2. The summed E-state index contributed by atoms with van der Waals surface area (Å²) in [5, 5.41) is 8.92. The Bertz CT molecular complexity index is 313. The standard InChI is InChI=1S/C7H9BrN2O2S/c8-6-4(10-7(9)13-6)2-1-3-5(11)12/h1-3H2,(H2,9,10)(H,11,12). The molecule has 0 aliphatic carbocycles. The summed E-state index contributed by atoms with van der Waals surface area (Å²) < 4.78 is 0.899. The van der Waals surface area contributed by atoms with Crippen molar-refractivity contribution in [2.75, 3.05) is 5.73 Å². The maximum atomic E-state index is 10.2. The number of anilines is 1. The average Bonchev–Trinajstić information content (AvgIpc) is 2.29. The molecule has 72 valence electrons. The second kappa shape index (κ2) is 4.57. The zero-order valence-electron chi connectivity index (χ0n) is 6.79. The molecule has 0 saturated heterocycles. The number of carbonyl (C=O) groups is 1. The highest BCUT2D eigenvalue weighted by Crippen LogP contribution is 2.27. The number of nitrogens with zero attached hydrogens (tertiary/aromatic N) is 1. The molecule has 0 atom stereocenters. The fourth-order valence-corrected chi connectivity index (χ4v) is 2.30. The topological polar surface area (TPSA) is 76.2 Å². The minimum Gasteiger partial charge on any atom is -0.481 e. The van der Waals surface area contributed by atoms with Gasteiger partial charge in [-0.3, -0.25) is 4.79 Å². The molecular formula is C7H9BrN2O2S. The molecule has 0 saturated carbocycles. The second-order valence-corrected chi connectivity index (χ2v) is 4.87. The van der Waals surface area contributed by atoms with Crippen LogP contribution in [-0.2, 0) is 11.2 Å². The summed E-state index contributed by atoms with van der Waals surface area (Å²) in [6, 6.07) is 0. The van der Waals surface area contributed by atoms with Crippen LogP contribution in [0.2, 0.25) is 0 Å². The minimum atomic E-state index is -0.778. The van der Waals surface area contributed by atoms with E-state index in [4.69, 9.17) is 10.8 Å². The molecule has 0 bridgehead atoms. The predicted molar refractivity (Wildman–Crippen MR) is 54.8 cm³/mol. The highest BCUT2D eigenvalue weighted by atomic mass is 79.9. The SMILES string of the molecule is Nc1nc(CCCC(=O)O)c(Br)s1. The van der Waals surface area contributed by atoms with Gasteiger partial charge >= 0.3 is 5.97 Å². The van der Waals surface area contributed by atoms with Gasteiger partial charge in [0.15, 0.2) is 5.13 Å². The molecule has 0 aliphatic rings. The third-order valence-corrected chi connectivity index (χ3v) is 3.13. The molecule has 1 aromatic heterocycles. The fraction of sp³-hybridized carbons (Fsp3) is 0.429. The van der Waals surface area contributed by atoms with Gasteiger partial charge in [0.05, 0.1) is 9.48 Å². The molecule has 0 unspecified atom stereocenters. The maximum Gasteiger partial charge on any atom is 0.303 e. The molecule has 0 aromatic carbocycles. The van der Waals surface area contributed by atoms with Crippen LogP contribution in [0.4, 0.5) is 5.13 Å². The van der Waals surface area contributed by atoms with Crippen LogP contribution in [-0.4, -0.2) is 16.1 Å². The maximum absolute atomic E-state index is 10.2. The van der Waals surface area contributed by atoms with Gasteiger partial charge in [-0.05, 0) is 28.8 Å². The van der Waals surface area contributed by atoms with Crippen LogP contribution in [0.5, 0.6) is 0 Å². The molecule has 1 heterocycles. The molecule has 0 fully saturated rings. The van der Waals surface area contributed by atoms with E-state index in [1.54, 1.807) is 0 Å². The number of nitrogen functional groups attached to an aromatic ring is 1. The highest BCUT2D eigenvalue weighted by molar-refractivity contribution is 9.11. The molecule has 0 aliphatic heterocycles. The van der Waals surface area contributed by atoms with Crippen molar-refractivity contribution in [1.29, 1.82) is 0 Å². The van der Waals surface area contributed by atoms with Gasteiger partial charge in [0.2, 0.25) is 0 Å². The smallest absolute Gasteiger partial charge is 0.303 e. The van der Waals surface area contributed by atoms with E-state index in [1.807, 2.05) is 0 Å². The Morgan fingerprint density at radius 3 is 2.85 bits per heavy atom. The van der Waals surface area contributed by atoms with Gasteiger partial charge < -0.3 is 10.8 Å². The third kappa shape index (κ3) is 3.31. The number of carboxylic acid groups (broad SMARTS) is 1. The molecule has 1 rings (SSSR count). The minimum absolute atomic E-state index is 0.171. The van der Waals surface area contributed by atoms with E-state index in [-0.39, 0.29) is 6.42 Å². The molecule has 0 amide bonds. The van der Waals surface area contributed by atoms with E-state index in [1.165, 1.54) is 11.3 Å². The Hall–Kier alpha value is -0.620. The first-order valence-corrected chi connectivity index (χ1v) is 5.33. The van der Waals surface area contributed by atoms with Crippen molar-refractivity contribution in [3.8, 4) is 0 Å². The van der Waals surface area contributed by atoms with Crippen molar-refractivity contribution in [3.63, 3.8) is 0 Å². The number of thiazole rings is 1. The number of hydrogen-bond donors (Lipinski definition) is 2. The summed E-state index contributed by atoms with van der Waals surface area (Å²) in [5.74, 6) is -0.778. The molecule has 13 heavy (non-hydrogen) atoms. The van der Waals surface area contributed by atoms with Gasteiger partial charge in [-0.1, -0.05) is 11.3 Å². The van der Waals surface area contributed by atoms with Crippen LogP contribution < -0.4 is 5.73 Å². The van der Waals surface area contributed by atoms with Gasteiger partial charge in [-0.25, -0.2) is 4.98 Å². The Labute approximate surface area is 87.9 Å². The predicted octanol–water partition coefficient (Wildman–Crippen LogP) is 1.90. The lowest BCUT2D eigenvalue weighted by molar-refractivity contribution is -0.137. The monoisotopic (exact) mass is 264 g/mol. The lowest BCUT2D eigenvalue weighted by Gasteiger charge is -1.94. The normalized spacial score (nSPS) is 10.2. The first kappa shape index (κ1) is 10.5. The number of rotatable bonds is 4. The summed E-state index contributed by atoms with van der Waals surface area (Å²) in [7, 11) is 0. The summed E-state index contributed by atoms with van der Waals surface area (Å²) >= 11 is 4.68. The van der Waals surface area contributed by atoms with Crippen LogP contribution in [0, 0.1) is 0 Å². The van der Waals surface area contributed by atoms with Gasteiger partial charge in [-0.2, -0.15) is 0 Å². The van der Waals surface area contributed by atoms with E-state index in [9.17, 15) is 4.79 Å². The number of carboxylic acids is 1. The van der Waals surface area contributed by atoms with E-state index in [0.29, 0.717) is 18.0 Å². The number of aryl methyl sites for hydroxylation is 1. The Morgan fingerprint density at radius 1 is 1.69 bits per heavy atom. The van der Waals surface area contributed by atoms with Crippen LogP contribution in [0.15, 0.2) is 3.79 Å². The fourth-order valence-electron chi connectivity index (χ4n) is 0.912. The number of halogens is 1. The Balaban J connectivity index is 2.45. The van der Waals surface area contributed by atoms with Crippen molar-refractivity contribution in [2.45, 2.75) is 19.3 Å². The molecule has 0 spiro atoms. The van der Waals surface area contributed by atoms with Crippen molar-refractivity contribution < 1.29 is 9.90 Å². The first-order chi connectivity index (χ1) is 6.09. The molecular weight excluding hydrogens is 256 g/mol. The van der Waals surface area contributed by atoms with Crippen LogP contribution >= 0.6 is 27.3 Å². The Kier molecular flexibility index (Phi) is 3.68. The van der Waals surface area contributed by atoms with Gasteiger partial charge in [0.1, 0.15) is 0 Å².